The standard InChI is InChI=1S/C12H14BrNO/c1-12(7-14-8-12)11(15)6-9-2-4-10(13)5-3-9/h2-5,14H,6-8H2,1H3. The van der Waals surface area contributed by atoms with Crippen LogP contribution < -0.4 is 5.32 Å². The average Bonchev–Trinajstić information content (AvgIpc) is 2.18. The summed E-state index contributed by atoms with van der Waals surface area (Å²) in [6.07, 6.45) is 0.547. The van der Waals surface area contributed by atoms with Gasteiger partial charge in [-0.3, -0.25) is 4.79 Å². The van der Waals surface area contributed by atoms with E-state index in [1.165, 1.54) is 0 Å². The van der Waals surface area contributed by atoms with E-state index in [0.29, 0.717) is 12.2 Å². The first-order chi connectivity index (χ1) is 7.10. The van der Waals surface area contributed by atoms with Crippen LogP contribution >= 0.6 is 15.9 Å². The maximum atomic E-state index is 11.9. The normalized spacial score (nSPS) is 18.3. The number of hydrogen-bond acceptors (Lipinski definition) is 2. The first kappa shape index (κ1) is 10.8. The summed E-state index contributed by atoms with van der Waals surface area (Å²) in [7, 11) is 0. The lowest BCUT2D eigenvalue weighted by Gasteiger charge is -2.37. The predicted octanol–water partition coefficient (Wildman–Crippen LogP) is 2.17. The second-order valence-corrected chi connectivity index (χ2v) is 5.31. The maximum Gasteiger partial charge on any atom is 0.145 e. The Labute approximate surface area is 98.2 Å². The molecule has 1 aliphatic heterocycles. The molecule has 1 aromatic carbocycles. The van der Waals surface area contributed by atoms with Crippen LogP contribution in [0.1, 0.15) is 12.5 Å². The summed E-state index contributed by atoms with van der Waals surface area (Å²) in [6.45, 7) is 3.68. The Bertz CT molecular complexity index is 368. The van der Waals surface area contributed by atoms with E-state index in [1.807, 2.05) is 31.2 Å². The molecule has 2 nitrogen and oxygen atoms in total. The second kappa shape index (κ2) is 4.06. The van der Waals surface area contributed by atoms with Crippen LogP contribution in [0.4, 0.5) is 0 Å². The quantitative estimate of drug-likeness (QED) is 0.910. The first-order valence-corrected chi connectivity index (χ1v) is 5.88. The fraction of sp³-hybridized carbons (Fsp3) is 0.417. The number of Topliss-reactive ketones (excluding diaryl/α,β-unsaturated/α-hetero) is 1. The van der Waals surface area contributed by atoms with E-state index in [-0.39, 0.29) is 5.41 Å². The number of nitrogens with one attached hydrogen (secondary N) is 1. The fourth-order valence-corrected chi connectivity index (χ4v) is 1.96. The van der Waals surface area contributed by atoms with Crippen molar-refractivity contribution < 1.29 is 4.79 Å². The van der Waals surface area contributed by atoms with Crippen molar-refractivity contribution in [2.75, 3.05) is 13.1 Å². The molecule has 1 fully saturated rings. The van der Waals surface area contributed by atoms with Gasteiger partial charge in [-0.15, -0.1) is 0 Å². The first-order valence-electron chi connectivity index (χ1n) is 5.09. The molecule has 0 bridgehead atoms. The van der Waals surface area contributed by atoms with Crippen LogP contribution in [0.25, 0.3) is 0 Å². The van der Waals surface area contributed by atoms with Crippen LogP contribution in [-0.4, -0.2) is 18.9 Å². The summed E-state index contributed by atoms with van der Waals surface area (Å²) in [6, 6.07) is 7.95. The van der Waals surface area contributed by atoms with Crippen LogP contribution in [0.15, 0.2) is 28.7 Å². The molecule has 0 aromatic heterocycles. The van der Waals surface area contributed by atoms with E-state index in [4.69, 9.17) is 0 Å². The fourth-order valence-electron chi connectivity index (χ4n) is 1.70. The molecule has 1 saturated heterocycles. The van der Waals surface area contributed by atoms with Gasteiger partial charge >= 0.3 is 0 Å². The van der Waals surface area contributed by atoms with E-state index in [1.54, 1.807) is 0 Å². The second-order valence-electron chi connectivity index (χ2n) is 4.39. The minimum absolute atomic E-state index is 0.132. The van der Waals surface area contributed by atoms with Gasteiger partial charge in [0.1, 0.15) is 5.78 Å². The Morgan fingerprint density at radius 2 is 2.00 bits per heavy atom. The lowest BCUT2D eigenvalue weighted by atomic mass is 9.78. The summed E-state index contributed by atoms with van der Waals surface area (Å²) >= 11 is 3.38. The van der Waals surface area contributed by atoms with E-state index in [0.717, 1.165) is 23.1 Å². The zero-order valence-electron chi connectivity index (χ0n) is 8.72. The van der Waals surface area contributed by atoms with Gasteiger partial charge in [0.05, 0.1) is 5.41 Å². The van der Waals surface area contributed by atoms with Gasteiger partial charge < -0.3 is 5.32 Å². The van der Waals surface area contributed by atoms with Crippen molar-refractivity contribution in [1.29, 1.82) is 0 Å². The third-order valence-electron chi connectivity index (χ3n) is 2.98. The Morgan fingerprint density at radius 3 is 2.47 bits per heavy atom. The van der Waals surface area contributed by atoms with Gasteiger partial charge in [0.2, 0.25) is 0 Å². The molecule has 0 atom stereocenters. The maximum absolute atomic E-state index is 11.9. The van der Waals surface area contributed by atoms with E-state index < -0.39 is 0 Å². The summed E-state index contributed by atoms with van der Waals surface area (Å²) in [5.74, 6) is 0.337. The molecule has 0 aliphatic carbocycles. The van der Waals surface area contributed by atoms with Crippen LogP contribution in [0, 0.1) is 5.41 Å². The van der Waals surface area contributed by atoms with Crippen molar-refractivity contribution in [3.8, 4) is 0 Å². The molecule has 1 aromatic rings. The highest BCUT2D eigenvalue weighted by molar-refractivity contribution is 9.10. The molecular formula is C12H14BrNO. The number of rotatable bonds is 3. The van der Waals surface area contributed by atoms with Gasteiger partial charge in [-0.1, -0.05) is 35.0 Å². The monoisotopic (exact) mass is 267 g/mol. The summed E-state index contributed by atoms with van der Waals surface area (Å²) in [5.41, 5.74) is 0.962. The zero-order chi connectivity index (χ0) is 10.9. The number of halogens is 1. The van der Waals surface area contributed by atoms with Gasteiger partial charge in [0, 0.05) is 24.0 Å². The van der Waals surface area contributed by atoms with Gasteiger partial charge in [0.15, 0.2) is 0 Å². The minimum Gasteiger partial charge on any atom is -0.315 e. The summed E-state index contributed by atoms with van der Waals surface area (Å²) < 4.78 is 1.05. The highest BCUT2D eigenvalue weighted by Gasteiger charge is 2.38. The molecule has 2 rings (SSSR count). The SMILES string of the molecule is CC1(C(=O)Cc2ccc(Br)cc2)CNC1. The van der Waals surface area contributed by atoms with E-state index >= 15 is 0 Å². The molecule has 15 heavy (non-hydrogen) atoms. The van der Waals surface area contributed by atoms with Gasteiger partial charge in [0.25, 0.3) is 0 Å². The predicted molar refractivity (Wildman–Crippen MR) is 63.8 cm³/mol. The number of carbonyl (C=O) groups excluding carboxylic acids is 1. The van der Waals surface area contributed by atoms with Crippen molar-refractivity contribution in [2.45, 2.75) is 13.3 Å². The number of carbonyl (C=O) groups is 1. The average molecular weight is 268 g/mol. The molecule has 1 aliphatic rings. The van der Waals surface area contributed by atoms with Gasteiger partial charge in [-0.05, 0) is 17.7 Å². The van der Waals surface area contributed by atoms with Crippen molar-refractivity contribution in [2.24, 2.45) is 5.41 Å². The summed E-state index contributed by atoms with van der Waals surface area (Å²) in [4.78, 5) is 11.9. The third kappa shape index (κ3) is 2.29. The van der Waals surface area contributed by atoms with Gasteiger partial charge in [-0.2, -0.15) is 0 Å². The molecule has 1 N–H and O–H groups in total. The molecule has 0 unspecified atom stereocenters. The van der Waals surface area contributed by atoms with Crippen molar-refractivity contribution >= 4 is 21.7 Å². The van der Waals surface area contributed by atoms with E-state index in [2.05, 4.69) is 21.2 Å². The molecule has 0 spiro atoms. The number of benzene rings is 1. The topological polar surface area (TPSA) is 29.1 Å². The van der Waals surface area contributed by atoms with Crippen molar-refractivity contribution in [3.05, 3.63) is 34.3 Å². The molecule has 3 heteroatoms. The van der Waals surface area contributed by atoms with Gasteiger partial charge in [-0.25, -0.2) is 0 Å². The lowest BCUT2D eigenvalue weighted by Crippen LogP contribution is -2.56. The highest BCUT2D eigenvalue weighted by Crippen LogP contribution is 2.24. The molecular weight excluding hydrogens is 254 g/mol. The van der Waals surface area contributed by atoms with Crippen molar-refractivity contribution in [3.63, 3.8) is 0 Å². The minimum atomic E-state index is -0.132. The molecule has 1 heterocycles. The highest BCUT2D eigenvalue weighted by atomic mass is 79.9. The Balaban J connectivity index is 2.02. The van der Waals surface area contributed by atoms with Crippen LogP contribution in [-0.2, 0) is 11.2 Å². The Morgan fingerprint density at radius 1 is 1.40 bits per heavy atom. The Kier molecular flexibility index (Phi) is 2.94. The van der Waals surface area contributed by atoms with E-state index in [9.17, 15) is 4.79 Å². The third-order valence-corrected chi connectivity index (χ3v) is 3.51. The summed E-state index contributed by atoms with van der Waals surface area (Å²) in [5, 5.41) is 3.15. The molecule has 0 amide bonds. The van der Waals surface area contributed by atoms with Crippen LogP contribution in [0.2, 0.25) is 0 Å². The molecule has 0 saturated carbocycles. The molecule has 0 radical (unpaired) electrons. The zero-order valence-corrected chi connectivity index (χ0v) is 10.3. The van der Waals surface area contributed by atoms with Crippen molar-refractivity contribution in [1.82, 2.24) is 5.32 Å². The van der Waals surface area contributed by atoms with Crippen LogP contribution in [0.5, 0.6) is 0 Å². The molecule has 80 valence electrons. The lowest BCUT2D eigenvalue weighted by molar-refractivity contribution is -0.129. The largest absolute Gasteiger partial charge is 0.315 e. The number of hydrogen-bond donors (Lipinski definition) is 1. The van der Waals surface area contributed by atoms with Crippen LogP contribution in [0.3, 0.4) is 0 Å². The smallest absolute Gasteiger partial charge is 0.145 e. The Hall–Kier alpha value is -0.670. The number of ketones is 1.